The molecule has 1 heterocycles. The molecule has 1 aromatic rings. The Kier molecular flexibility index (Phi) is 9.68. The third kappa shape index (κ3) is 7.05. The summed E-state index contributed by atoms with van der Waals surface area (Å²) in [6, 6.07) is 4.46. The molecule has 10 nitrogen and oxygen atoms in total. The van der Waals surface area contributed by atoms with Gasteiger partial charge in [-0.2, -0.15) is 0 Å². The first kappa shape index (κ1) is 27.8. The molecule has 34 heavy (non-hydrogen) atoms. The Morgan fingerprint density at radius 2 is 1.88 bits per heavy atom. The molecule has 2 unspecified atom stereocenters. The van der Waals surface area contributed by atoms with Gasteiger partial charge in [-0.3, -0.25) is 14.4 Å². The minimum atomic E-state index is -4.19. The third-order valence-corrected chi connectivity index (χ3v) is 7.93. The zero-order chi connectivity index (χ0) is 25.5. The Morgan fingerprint density at radius 3 is 2.47 bits per heavy atom. The van der Waals surface area contributed by atoms with Crippen molar-refractivity contribution < 1.29 is 37.4 Å². The fraction of sp³-hybridized carbons (Fsp3) is 0.591. The number of amides is 2. The van der Waals surface area contributed by atoms with Crippen molar-refractivity contribution in [3.8, 4) is 0 Å². The van der Waals surface area contributed by atoms with Crippen LogP contribution in [0.4, 0.5) is 4.39 Å². The molecule has 0 saturated carbocycles. The van der Waals surface area contributed by atoms with E-state index >= 15 is 0 Å². The smallest absolute Gasteiger partial charge is 0.288 e. The predicted octanol–water partition coefficient (Wildman–Crippen LogP) is -0.504. The molecule has 12 heteroatoms. The maximum Gasteiger partial charge on any atom is 0.288 e. The van der Waals surface area contributed by atoms with Crippen molar-refractivity contribution in [2.24, 2.45) is 11.3 Å². The number of nitrogens with one attached hydrogen (secondary N) is 3. The summed E-state index contributed by atoms with van der Waals surface area (Å²) in [5.41, 5.74) is -1.10. The topological polar surface area (TPSA) is 162 Å². The summed E-state index contributed by atoms with van der Waals surface area (Å²) in [6.07, 6.45) is -1.09. The first-order valence-electron chi connectivity index (χ1n) is 11.0. The van der Waals surface area contributed by atoms with Gasteiger partial charge in [0.1, 0.15) is 17.3 Å². The zero-order valence-electron chi connectivity index (χ0n) is 19.2. The molecular weight excluding hydrogens is 469 g/mol. The largest absolute Gasteiger partial charge is 0.396 e. The minimum Gasteiger partial charge on any atom is -0.396 e. The summed E-state index contributed by atoms with van der Waals surface area (Å²) in [5, 5.41) is 25.5. The van der Waals surface area contributed by atoms with Gasteiger partial charge in [0, 0.05) is 18.4 Å². The first-order valence-corrected chi connectivity index (χ1v) is 12.6. The number of sulfone groups is 1. The molecule has 1 aromatic carbocycles. The van der Waals surface area contributed by atoms with E-state index in [4.69, 9.17) is 0 Å². The molecule has 1 aliphatic rings. The molecule has 0 aliphatic carbocycles. The molecule has 2 amide bonds. The van der Waals surface area contributed by atoms with Crippen molar-refractivity contribution in [1.29, 1.82) is 0 Å². The maximum atomic E-state index is 13.7. The van der Waals surface area contributed by atoms with Gasteiger partial charge in [0.15, 0.2) is 9.84 Å². The average molecular weight is 502 g/mol. The Bertz CT molecular complexity index is 994. The van der Waals surface area contributed by atoms with Gasteiger partial charge < -0.3 is 26.2 Å². The fourth-order valence-corrected chi connectivity index (χ4v) is 5.43. The zero-order valence-corrected chi connectivity index (χ0v) is 20.0. The van der Waals surface area contributed by atoms with Crippen LogP contribution < -0.4 is 16.0 Å². The number of aliphatic hydroxyl groups excluding tert-OH is 2. The lowest BCUT2D eigenvalue weighted by Crippen LogP contribution is -2.51. The Morgan fingerprint density at radius 1 is 1.24 bits per heavy atom. The molecule has 0 radical (unpaired) electrons. The standard InChI is InChI=1S/C22H32FN3O7S/c1-22(2,13-27)18(29)20(31)25-11-8-17(28)19(30)26-21(14-6-9-24-10-7-14)34(32,33)16-5-3-4-15(23)12-16/h3-5,12,14,18,21,24,27,29H,6-11,13H2,1-2H3,(H,25,31)(H,26,30). The van der Waals surface area contributed by atoms with Gasteiger partial charge in [-0.15, -0.1) is 0 Å². The summed E-state index contributed by atoms with van der Waals surface area (Å²) < 4.78 is 40.1. The number of halogens is 1. The molecular formula is C22H32FN3O7S. The van der Waals surface area contributed by atoms with E-state index in [1.165, 1.54) is 26.0 Å². The molecule has 0 aromatic heterocycles. The van der Waals surface area contributed by atoms with Crippen LogP contribution in [0.2, 0.25) is 0 Å². The highest BCUT2D eigenvalue weighted by Gasteiger charge is 2.38. The highest BCUT2D eigenvalue weighted by atomic mass is 32.2. The van der Waals surface area contributed by atoms with E-state index in [0.717, 1.165) is 12.1 Å². The number of ketones is 1. The highest BCUT2D eigenvalue weighted by Crippen LogP contribution is 2.26. The minimum absolute atomic E-state index is 0.266. The van der Waals surface area contributed by atoms with Crippen LogP contribution in [0.1, 0.15) is 33.1 Å². The van der Waals surface area contributed by atoms with Crippen molar-refractivity contribution in [2.75, 3.05) is 26.2 Å². The summed E-state index contributed by atoms with van der Waals surface area (Å²) >= 11 is 0. The molecule has 1 fully saturated rings. The van der Waals surface area contributed by atoms with Gasteiger partial charge in [0.2, 0.25) is 11.7 Å². The van der Waals surface area contributed by atoms with E-state index in [-0.39, 0.29) is 11.4 Å². The lowest BCUT2D eigenvalue weighted by molar-refractivity contribution is -0.139. The number of rotatable bonds is 11. The number of Topliss-reactive ketones (excluding diaryl/α,β-unsaturated/α-hetero) is 1. The Balaban J connectivity index is 2.07. The number of hydrogen-bond acceptors (Lipinski definition) is 8. The molecule has 0 spiro atoms. The average Bonchev–Trinajstić information content (AvgIpc) is 2.82. The normalized spacial score (nSPS) is 17.0. The van der Waals surface area contributed by atoms with Gasteiger partial charge in [-0.1, -0.05) is 19.9 Å². The summed E-state index contributed by atoms with van der Waals surface area (Å²) in [5.74, 6) is -4.12. The van der Waals surface area contributed by atoms with Crippen LogP contribution in [-0.2, 0) is 24.2 Å². The van der Waals surface area contributed by atoms with E-state index < -0.39 is 69.1 Å². The number of carbonyl (C=O) groups is 3. The second-order valence-electron chi connectivity index (χ2n) is 9.00. The molecule has 1 aliphatic heterocycles. The third-order valence-electron chi connectivity index (χ3n) is 5.84. The van der Waals surface area contributed by atoms with Gasteiger partial charge >= 0.3 is 0 Å². The lowest BCUT2D eigenvalue weighted by atomic mass is 9.87. The van der Waals surface area contributed by atoms with Crippen molar-refractivity contribution in [1.82, 2.24) is 16.0 Å². The summed E-state index contributed by atoms with van der Waals surface area (Å²) in [7, 11) is -4.19. The summed E-state index contributed by atoms with van der Waals surface area (Å²) in [4.78, 5) is 36.6. The van der Waals surface area contributed by atoms with Crippen LogP contribution in [0.5, 0.6) is 0 Å². The van der Waals surface area contributed by atoms with Crippen LogP contribution in [0, 0.1) is 17.2 Å². The van der Waals surface area contributed by atoms with E-state index in [0.29, 0.717) is 25.9 Å². The van der Waals surface area contributed by atoms with Crippen LogP contribution >= 0.6 is 0 Å². The van der Waals surface area contributed by atoms with Gasteiger partial charge in [0.25, 0.3) is 5.91 Å². The second-order valence-corrected chi connectivity index (χ2v) is 11.1. The number of hydrogen-bond donors (Lipinski definition) is 5. The van der Waals surface area contributed by atoms with Crippen molar-refractivity contribution >= 4 is 27.4 Å². The molecule has 2 rings (SSSR count). The summed E-state index contributed by atoms with van der Waals surface area (Å²) in [6.45, 7) is 3.31. The number of piperidine rings is 1. The monoisotopic (exact) mass is 501 g/mol. The predicted molar refractivity (Wildman–Crippen MR) is 121 cm³/mol. The van der Waals surface area contributed by atoms with Crippen LogP contribution in [0.3, 0.4) is 0 Å². The maximum absolute atomic E-state index is 13.7. The fourth-order valence-electron chi connectivity index (χ4n) is 3.55. The van der Waals surface area contributed by atoms with Gasteiger partial charge in [-0.25, -0.2) is 12.8 Å². The molecule has 5 N–H and O–H groups in total. The van der Waals surface area contributed by atoms with E-state index in [1.54, 1.807) is 0 Å². The van der Waals surface area contributed by atoms with Crippen molar-refractivity contribution in [3.05, 3.63) is 30.1 Å². The number of carbonyl (C=O) groups excluding carboxylic acids is 3. The Labute approximate surface area is 198 Å². The SMILES string of the molecule is CC(C)(CO)C(O)C(=O)NCCC(=O)C(=O)NC(C1CCNCC1)S(=O)(=O)c1cccc(F)c1. The highest BCUT2D eigenvalue weighted by molar-refractivity contribution is 7.92. The van der Waals surface area contributed by atoms with Crippen LogP contribution in [0.15, 0.2) is 29.2 Å². The van der Waals surface area contributed by atoms with E-state index in [9.17, 15) is 37.4 Å². The number of benzene rings is 1. The molecule has 190 valence electrons. The molecule has 0 bridgehead atoms. The second kappa shape index (κ2) is 11.8. The van der Waals surface area contributed by atoms with Crippen LogP contribution in [-0.4, -0.2) is 73.9 Å². The molecule has 1 saturated heterocycles. The van der Waals surface area contributed by atoms with E-state index in [1.807, 2.05) is 0 Å². The Hall–Kier alpha value is -2.41. The van der Waals surface area contributed by atoms with Crippen molar-refractivity contribution in [3.63, 3.8) is 0 Å². The van der Waals surface area contributed by atoms with Crippen molar-refractivity contribution in [2.45, 2.75) is 49.5 Å². The van der Waals surface area contributed by atoms with Gasteiger partial charge in [0.05, 0.1) is 11.5 Å². The van der Waals surface area contributed by atoms with Gasteiger partial charge in [-0.05, 0) is 50.0 Å². The number of aliphatic hydroxyl groups is 2. The quantitative estimate of drug-likeness (QED) is 0.253. The lowest BCUT2D eigenvalue weighted by Gasteiger charge is -2.31. The van der Waals surface area contributed by atoms with E-state index in [2.05, 4.69) is 16.0 Å². The first-order chi connectivity index (χ1) is 15.9. The van der Waals surface area contributed by atoms with Crippen LogP contribution in [0.25, 0.3) is 0 Å². The molecule has 2 atom stereocenters.